The average Bonchev–Trinajstić information content (AvgIpc) is 3.07. The summed E-state index contributed by atoms with van der Waals surface area (Å²) in [4.78, 5) is 48.9. The third-order valence-corrected chi connectivity index (χ3v) is 4.65. The molecule has 142 valence electrons. The highest BCUT2D eigenvalue weighted by molar-refractivity contribution is 7.98. The number of carbonyl (C=O) groups excluding carboxylic acids is 3. The summed E-state index contributed by atoms with van der Waals surface area (Å²) in [5.74, 6) is -1.78. The quantitative estimate of drug-likeness (QED) is 0.395. The molecule has 5 N–H and O–H groups in total. The maximum Gasteiger partial charge on any atom is 0.326 e. The fourth-order valence-electron chi connectivity index (χ4n) is 2.64. The monoisotopic (exact) mass is 374 g/mol. The van der Waals surface area contributed by atoms with Crippen molar-refractivity contribution in [3.63, 3.8) is 0 Å². The SMILES string of the molecule is CSCCC(NC(=O)C(C)NC(=O)CN)C(=O)N1CCCC1C(=O)O. The highest BCUT2D eigenvalue weighted by atomic mass is 32.2. The number of nitrogens with one attached hydrogen (secondary N) is 2. The summed E-state index contributed by atoms with van der Waals surface area (Å²) >= 11 is 1.52. The van der Waals surface area contributed by atoms with Crippen molar-refractivity contribution < 1.29 is 24.3 Å². The number of hydrogen-bond donors (Lipinski definition) is 4. The Bertz CT molecular complexity index is 516. The Labute approximate surface area is 151 Å². The molecule has 0 aromatic rings. The third-order valence-electron chi connectivity index (χ3n) is 4.00. The molecule has 0 saturated carbocycles. The lowest BCUT2D eigenvalue weighted by Crippen LogP contribution is -2.55. The van der Waals surface area contributed by atoms with E-state index >= 15 is 0 Å². The van der Waals surface area contributed by atoms with Crippen LogP contribution >= 0.6 is 11.8 Å². The number of carboxylic acid groups (broad SMARTS) is 1. The molecule has 0 aromatic heterocycles. The topological polar surface area (TPSA) is 142 Å². The van der Waals surface area contributed by atoms with Gasteiger partial charge in [-0.1, -0.05) is 0 Å². The zero-order valence-corrected chi connectivity index (χ0v) is 15.3. The summed E-state index contributed by atoms with van der Waals surface area (Å²) in [6.07, 6.45) is 3.29. The second-order valence-electron chi connectivity index (χ2n) is 5.86. The van der Waals surface area contributed by atoms with Gasteiger partial charge in [0.25, 0.3) is 0 Å². The van der Waals surface area contributed by atoms with Gasteiger partial charge in [0.1, 0.15) is 18.1 Å². The van der Waals surface area contributed by atoms with Crippen molar-refractivity contribution in [1.29, 1.82) is 0 Å². The second-order valence-corrected chi connectivity index (χ2v) is 6.85. The van der Waals surface area contributed by atoms with Crippen molar-refractivity contribution in [2.75, 3.05) is 25.1 Å². The van der Waals surface area contributed by atoms with Crippen LogP contribution in [0.3, 0.4) is 0 Å². The zero-order valence-electron chi connectivity index (χ0n) is 14.5. The lowest BCUT2D eigenvalue weighted by atomic mass is 10.1. The lowest BCUT2D eigenvalue weighted by Gasteiger charge is -2.28. The largest absolute Gasteiger partial charge is 0.480 e. The van der Waals surface area contributed by atoms with Crippen LogP contribution in [0.2, 0.25) is 0 Å². The average molecular weight is 374 g/mol. The van der Waals surface area contributed by atoms with E-state index in [0.717, 1.165) is 0 Å². The Kier molecular flexibility index (Phi) is 8.70. The highest BCUT2D eigenvalue weighted by Gasteiger charge is 2.37. The molecule has 3 atom stereocenters. The standard InChI is InChI=1S/C15H26N4O5S/c1-9(17-12(20)8-16)13(21)18-10(5-7-25-2)14(22)19-6-3-4-11(19)15(23)24/h9-11H,3-8,16H2,1-2H3,(H,17,20)(H,18,21)(H,23,24). The third kappa shape index (κ3) is 6.20. The molecule has 1 heterocycles. The first-order valence-electron chi connectivity index (χ1n) is 8.13. The number of rotatable bonds is 9. The van der Waals surface area contributed by atoms with E-state index in [-0.39, 0.29) is 6.54 Å². The maximum atomic E-state index is 12.7. The summed E-state index contributed by atoms with van der Waals surface area (Å²) in [6.45, 7) is 1.62. The molecular weight excluding hydrogens is 348 g/mol. The van der Waals surface area contributed by atoms with Crippen LogP contribution < -0.4 is 16.4 Å². The molecule has 10 heteroatoms. The molecule has 0 aliphatic carbocycles. The number of nitrogens with two attached hydrogens (primary N) is 1. The normalized spacial score (nSPS) is 19.2. The number of aliphatic carboxylic acids is 1. The van der Waals surface area contributed by atoms with Gasteiger partial charge in [-0.25, -0.2) is 4.79 Å². The Balaban J connectivity index is 2.78. The van der Waals surface area contributed by atoms with E-state index in [9.17, 15) is 24.3 Å². The minimum atomic E-state index is -1.04. The number of carbonyl (C=O) groups is 4. The Morgan fingerprint density at radius 1 is 1.32 bits per heavy atom. The molecule has 1 saturated heterocycles. The Morgan fingerprint density at radius 3 is 2.56 bits per heavy atom. The molecule has 1 rings (SSSR count). The summed E-state index contributed by atoms with van der Waals surface area (Å²) in [5, 5.41) is 14.3. The molecule has 0 aromatic carbocycles. The predicted molar refractivity (Wildman–Crippen MR) is 94.0 cm³/mol. The number of thioether (sulfide) groups is 1. The van der Waals surface area contributed by atoms with Gasteiger partial charge in [0.15, 0.2) is 0 Å². The van der Waals surface area contributed by atoms with Gasteiger partial charge in [0, 0.05) is 6.54 Å². The van der Waals surface area contributed by atoms with Gasteiger partial charge in [-0.15, -0.1) is 0 Å². The molecule has 3 amide bonds. The number of nitrogens with zero attached hydrogens (tertiary/aromatic N) is 1. The van der Waals surface area contributed by atoms with E-state index in [0.29, 0.717) is 31.6 Å². The van der Waals surface area contributed by atoms with E-state index < -0.39 is 41.8 Å². The summed E-state index contributed by atoms with van der Waals surface area (Å²) in [6, 6.07) is -2.51. The summed E-state index contributed by atoms with van der Waals surface area (Å²) in [5.41, 5.74) is 5.20. The van der Waals surface area contributed by atoms with Gasteiger partial charge in [0.2, 0.25) is 17.7 Å². The smallest absolute Gasteiger partial charge is 0.326 e. The van der Waals surface area contributed by atoms with Crippen molar-refractivity contribution >= 4 is 35.5 Å². The van der Waals surface area contributed by atoms with Crippen molar-refractivity contribution in [2.24, 2.45) is 5.73 Å². The molecule has 0 radical (unpaired) electrons. The summed E-state index contributed by atoms with van der Waals surface area (Å²) in [7, 11) is 0. The van der Waals surface area contributed by atoms with Gasteiger partial charge in [-0.05, 0) is 38.2 Å². The van der Waals surface area contributed by atoms with Crippen LogP contribution in [0.5, 0.6) is 0 Å². The van der Waals surface area contributed by atoms with Gasteiger partial charge in [0.05, 0.1) is 6.54 Å². The molecule has 1 aliphatic heterocycles. The van der Waals surface area contributed by atoms with E-state index in [4.69, 9.17) is 5.73 Å². The van der Waals surface area contributed by atoms with Crippen LogP contribution in [0.15, 0.2) is 0 Å². The molecule has 3 unspecified atom stereocenters. The van der Waals surface area contributed by atoms with Crippen molar-refractivity contribution in [2.45, 2.75) is 44.3 Å². The Hall–Kier alpha value is -1.81. The van der Waals surface area contributed by atoms with Gasteiger partial charge < -0.3 is 26.4 Å². The van der Waals surface area contributed by atoms with E-state index in [1.807, 2.05) is 6.26 Å². The highest BCUT2D eigenvalue weighted by Crippen LogP contribution is 2.19. The summed E-state index contributed by atoms with van der Waals surface area (Å²) < 4.78 is 0. The van der Waals surface area contributed by atoms with Crippen molar-refractivity contribution in [1.82, 2.24) is 15.5 Å². The van der Waals surface area contributed by atoms with Crippen molar-refractivity contribution in [3.05, 3.63) is 0 Å². The van der Waals surface area contributed by atoms with E-state index in [2.05, 4.69) is 10.6 Å². The minimum Gasteiger partial charge on any atom is -0.480 e. The number of carboxylic acids is 1. The van der Waals surface area contributed by atoms with Crippen LogP contribution in [0.25, 0.3) is 0 Å². The Morgan fingerprint density at radius 2 is 2.00 bits per heavy atom. The lowest BCUT2D eigenvalue weighted by molar-refractivity contribution is -0.149. The fourth-order valence-corrected chi connectivity index (χ4v) is 3.11. The molecular formula is C15H26N4O5S. The van der Waals surface area contributed by atoms with Crippen LogP contribution in [0, 0.1) is 0 Å². The molecule has 9 nitrogen and oxygen atoms in total. The number of hydrogen-bond acceptors (Lipinski definition) is 6. The molecule has 0 bridgehead atoms. The first kappa shape index (κ1) is 21.2. The first-order valence-corrected chi connectivity index (χ1v) is 9.53. The number of likely N-dealkylation sites (tertiary alicyclic amines) is 1. The molecule has 1 aliphatic rings. The van der Waals surface area contributed by atoms with Crippen LogP contribution in [-0.4, -0.2) is 76.9 Å². The van der Waals surface area contributed by atoms with Crippen LogP contribution in [-0.2, 0) is 19.2 Å². The van der Waals surface area contributed by atoms with Crippen LogP contribution in [0.4, 0.5) is 0 Å². The van der Waals surface area contributed by atoms with E-state index in [1.54, 1.807) is 0 Å². The predicted octanol–water partition coefficient (Wildman–Crippen LogP) is -1.24. The second kappa shape index (κ2) is 10.2. The fraction of sp³-hybridized carbons (Fsp3) is 0.733. The minimum absolute atomic E-state index is 0.236. The first-order chi connectivity index (χ1) is 11.8. The zero-order chi connectivity index (χ0) is 19.0. The van der Waals surface area contributed by atoms with Gasteiger partial charge >= 0.3 is 5.97 Å². The van der Waals surface area contributed by atoms with Gasteiger partial charge in [-0.3, -0.25) is 14.4 Å². The molecule has 0 spiro atoms. The van der Waals surface area contributed by atoms with Crippen molar-refractivity contribution in [3.8, 4) is 0 Å². The maximum absolute atomic E-state index is 12.7. The van der Waals surface area contributed by atoms with E-state index in [1.165, 1.54) is 23.6 Å². The van der Waals surface area contributed by atoms with Gasteiger partial charge in [-0.2, -0.15) is 11.8 Å². The molecule has 1 fully saturated rings. The number of amides is 3. The van der Waals surface area contributed by atoms with Crippen LogP contribution in [0.1, 0.15) is 26.2 Å². The molecule has 25 heavy (non-hydrogen) atoms.